The summed E-state index contributed by atoms with van der Waals surface area (Å²) in [6.07, 6.45) is 4.33. The van der Waals surface area contributed by atoms with Gasteiger partial charge in [-0.05, 0) is 44.0 Å². The molecule has 3 heterocycles. The molecule has 2 aliphatic heterocycles. The third kappa shape index (κ3) is 5.82. The normalized spacial score (nSPS) is 17.6. The minimum absolute atomic E-state index is 0.125. The molecule has 37 heavy (non-hydrogen) atoms. The number of amides is 1. The van der Waals surface area contributed by atoms with E-state index in [1.54, 1.807) is 9.47 Å². The molecule has 0 saturated carbocycles. The molecule has 9 heteroatoms. The summed E-state index contributed by atoms with van der Waals surface area (Å²) < 4.78 is 2.29. The lowest BCUT2D eigenvalue weighted by Gasteiger charge is -2.36. The molecule has 0 atom stereocenters. The van der Waals surface area contributed by atoms with Crippen molar-refractivity contribution in [1.29, 1.82) is 5.26 Å². The number of piperazine rings is 1. The van der Waals surface area contributed by atoms with Gasteiger partial charge in [0.05, 0.1) is 4.91 Å². The summed E-state index contributed by atoms with van der Waals surface area (Å²) in [6.45, 7) is 8.23. The van der Waals surface area contributed by atoms with E-state index in [2.05, 4.69) is 29.8 Å². The van der Waals surface area contributed by atoms with Crippen LogP contribution in [-0.2, 0) is 17.8 Å². The predicted molar refractivity (Wildman–Crippen MR) is 155 cm³/mol. The maximum absolute atomic E-state index is 13.5. The van der Waals surface area contributed by atoms with Gasteiger partial charge in [0.15, 0.2) is 0 Å². The van der Waals surface area contributed by atoms with Gasteiger partial charge in [0.2, 0.25) is 0 Å². The second-order valence-corrected chi connectivity index (χ2v) is 11.2. The molecule has 0 radical (unpaired) electrons. The van der Waals surface area contributed by atoms with Gasteiger partial charge < -0.3 is 9.80 Å². The van der Waals surface area contributed by atoms with E-state index in [1.807, 2.05) is 43.3 Å². The number of carbonyl (C=O) groups is 1. The zero-order chi connectivity index (χ0) is 26.5. The van der Waals surface area contributed by atoms with E-state index in [1.165, 1.54) is 11.8 Å². The second kappa shape index (κ2) is 12.1. The van der Waals surface area contributed by atoms with Crippen molar-refractivity contribution in [2.45, 2.75) is 39.7 Å². The van der Waals surface area contributed by atoms with Crippen LogP contribution in [0.5, 0.6) is 0 Å². The lowest BCUT2D eigenvalue weighted by molar-refractivity contribution is -0.122. The number of pyridine rings is 1. The summed E-state index contributed by atoms with van der Waals surface area (Å²) in [5.41, 5.74) is 2.41. The highest BCUT2D eigenvalue weighted by Gasteiger charge is 2.33. The predicted octanol–water partition coefficient (Wildman–Crippen LogP) is 4.02. The standard InChI is InChI=1S/C28H33N5O2S2/c1-4-5-12-32-25(31-16-14-30(3)15-17-31)22(20(2)23(19-29)26(32)34)18-24-27(35)33(28(36)37-24)13-11-21-9-7-6-8-10-21/h6-10,18H,4-5,11-17H2,1-3H3. The van der Waals surface area contributed by atoms with Crippen LogP contribution in [0.25, 0.3) is 6.08 Å². The highest BCUT2D eigenvalue weighted by Crippen LogP contribution is 2.36. The van der Waals surface area contributed by atoms with Gasteiger partial charge in [0.1, 0.15) is 21.8 Å². The summed E-state index contributed by atoms with van der Waals surface area (Å²) in [5, 5.41) is 9.88. The maximum Gasteiger partial charge on any atom is 0.270 e. The summed E-state index contributed by atoms with van der Waals surface area (Å²) >= 11 is 6.88. The van der Waals surface area contributed by atoms with Crippen LogP contribution in [0.15, 0.2) is 40.0 Å². The highest BCUT2D eigenvalue weighted by molar-refractivity contribution is 8.26. The Kier molecular flexibility index (Phi) is 8.85. The molecular formula is C28H33N5O2S2. The molecule has 1 aromatic carbocycles. The van der Waals surface area contributed by atoms with Crippen molar-refractivity contribution in [1.82, 2.24) is 14.4 Å². The van der Waals surface area contributed by atoms with Crippen LogP contribution in [0.1, 0.15) is 42.0 Å². The fourth-order valence-corrected chi connectivity index (χ4v) is 6.03. The number of thioether (sulfide) groups is 1. The van der Waals surface area contributed by atoms with Gasteiger partial charge in [-0.15, -0.1) is 0 Å². The van der Waals surface area contributed by atoms with Gasteiger partial charge in [-0.2, -0.15) is 5.26 Å². The number of nitriles is 1. The second-order valence-electron chi connectivity index (χ2n) is 9.52. The van der Waals surface area contributed by atoms with Crippen molar-refractivity contribution in [3.63, 3.8) is 0 Å². The maximum atomic E-state index is 13.5. The van der Waals surface area contributed by atoms with E-state index in [4.69, 9.17) is 12.2 Å². The molecule has 2 saturated heterocycles. The Morgan fingerprint density at radius 2 is 1.81 bits per heavy atom. The summed E-state index contributed by atoms with van der Waals surface area (Å²) in [5.74, 6) is 0.678. The molecule has 0 bridgehead atoms. The number of aromatic nitrogens is 1. The minimum Gasteiger partial charge on any atom is -0.355 e. The zero-order valence-electron chi connectivity index (χ0n) is 21.7. The van der Waals surface area contributed by atoms with Crippen molar-refractivity contribution >= 4 is 46.1 Å². The van der Waals surface area contributed by atoms with E-state index >= 15 is 0 Å². The number of nitrogens with zero attached hydrogens (tertiary/aromatic N) is 5. The Hall–Kier alpha value is -2.93. The smallest absolute Gasteiger partial charge is 0.270 e. The molecule has 0 unspecified atom stereocenters. The quantitative estimate of drug-likeness (QED) is 0.373. The first kappa shape index (κ1) is 27.1. The van der Waals surface area contributed by atoms with Crippen molar-refractivity contribution in [2.24, 2.45) is 0 Å². The van der Waals surface area contributed by atoms with E-state index in [-0.39, 0.29) is 17.0 Å². The van der Waals surface area contributed by atoms with Gasteiger partial charge in [0.25, 0.3) is 11.5 Å². The molecule has 4 rings (SSSR count). The topological polar surface area (TPSA) is 72.6 Å². The first-order valence-corrected chi connectivity index (χ1v) is 14.0. The lowest BCUT2D eigenvalue weighted by atomic mass is 10.0. The van der Waals surface area contributed by atoms with Gasteiger partial charge in [-0.25, -0.2) is 0 Å². The molecule has 0 aliphatic carbocycles. The number of likely N-dealkylation sites (N-methyl/N-ethyl adjacent to an activating group) is 1. The van der Waals surface area contributed by atoms with Crippen LogP contribution in [-0.4, -0.2) is 64.4 Å². The van der Waals surface area contributed by atoms with Crippen molar-refractivity contribution in [3.8, 4) is 6.07 Å². The Labute approximate surface area is 228 Å². The lowest BCUT2D eigenvalue weighted by Crippen LogP contribution is -2.47. The number of carbonyl (C=O) groups excluding carboxylic acids is 1. The van der Waals surface area contributed by atoms with Crippen LogP contribution in [0.2, 0.25) is 0 Å². The number of hydrogen-bond donors (Lipinski definition) is 0. The van der Waals surface area contributed by atoms with Crippen molar-refractivity contribution in [3.05, 3.63) is 67.8 Å². The minimum atomic E-state index is -0.255. The zero-order valence-corrected chi connectivity index (χ0v) is 23.3. The van der Waals surface area contributed by atoms with Crippen LogP contribution in [0, 0.1) is 18.3 Å². The van der Waals surface area contributed by atoms with E-state index in [0.717, 1.165) is 56.0 Å². The van der Waals surface area contributed by atoms with Crippen LogP contribution in [0.3, 0.4) is 0 Å². The molecule has 194 valence electrons. The van der Waals surface area contributed by atoms with E-state index < -0.39 is 0 Å². The fraction of sp³-hybridized carbons (Fsp3) is 0.429. The van der Waals surface area contributed by atoms with Gasteiger partial charge >= 0.3 is 0 Å². The molecule has 1 aromatic heterocycles. The number of thiocarbonyl (C=S) groups is 1. The average molecular weight is 536 g/mol. The van der Waals surface area contributed by atoms with Gasteiger partial charge in [-0.3, -0.25) is 19.1 Å². The number of rotatable bonds is 8. The van der Waals surface area contributed by atoms with E-state index in [9.17, 15) is 14.9 Å². The number of benzene rings is 1. The van der Waals surface area contributed by atoms with Gasteiger partial charge in [-0.1, -0.05) is 67.7 Å². The Morgan fingerprint density at radius 3 is 2.46 bits per heavy atom. The van der Waals surface area contributed by atoms with E-state index in [0.29, 0.717) is 34.3 Å². The molecule has 1 amide bonds. The molecule has 0 spiro atoms. The third-order valence-electron chi connectivity index (χ3n) is 7.00. The Bertz CT molecular complexity index is 1300. The molecule has 0 N–H and O–H groups in total. The van der Waals surface area contributed by atoms with Crippen molar-refractivity contribution in [2.75, 3.05) is 44.7 Å². The van der Waals surface area contributed by atoms with Crippen molar-refractivity contribution < 1.29 is 4.79 Å². The summed E-state index contributed by atoms with van der Waals surface area (Å²) in [4.78, 5) is 33.5. The SMILES string of the molecule is CCCCn1c(N2CCN(C)CC2)c(C=C2SC(=S)N(CCc3ccccc3)C2=O)c(C)c(C#N)c1=O. The first-order chi connectivity index (χ1) is 17.8. The fourth-order valence-electron chi connectivity index (χ4n) is 4.74. The molecular weight excluding hydrogens is 502 g/mol. The monoisotopic (exact) mass is 535 g/mol. The van der Waals surface area contributed by atoms with Crippen LogP contribution < -0.4 is 10.5 Å². The molecule has 7 nitrogen and oxygen atoms in total. The van der Waals surface area contributed by atoms with Crippen LogP contribution in [0.4, 0.5) is 5.82 Å². The third-order valence-corrected chi connectivity index (χ3v) is 8.38. The Morgan fingerprint density at radius 1 is 1.11 bits per heavy atom. The molecule has 2 aliphatic rings. The first-order valence-electron chi connectivity index (χ1n) is 12.8. The summed E-state index contributed by atoms with van der Waals surface area (Å²) in [6, 6.07) is 12.2. The number of unbranched alkanes of at least 4 members (excludes halogenated alkanes) is 1. The Balaban J connectivity index is 1.76. The highest BCUT2D eigenvalue weighted by atomic mass is 32.2. The number of anilines is 1. The largest absolute Gasteiger partial charge is 0.355 e. The number of hydrogen-bond acceptors (Lipinski definition) is 7. The molecule has 2 aromatic rings. The van der Waals surface area contributed by atoms with Crippen LogP contribution >= 0.6 is 24.0 Å². The molecule has 2 fully saturated rings. The van der Waals surface area contributed by atoms with Gasteiger partial charge in [0, 0.05) is 44.8 Å². The summed E-state index contributed by atoms with van der Waals surface area (Å²) in [7, 11) is 2.09. The average Bonchev–Trinajstić information content (AvgIpc) is 3.17.